The number of carbonyl (C=O) groups is 2. The van der Waals surface area contributed by atoms with Gasteiger partial charge >= 0.3 is 5.97 Å². The van der Waals surface area contributed by atoms with Crippen LogP contribution in [0.1, 0.15) is 26.8 Å². The van der Waals surface area contributed by atoms with Crippen LogP contribution < -0.4 is 5.32 Å². The third kappa shape index (κ3) is 2.79. The molecular formula is C13H12N2O4. The summed E-state index contributed by atoms with van der Waals surface area (Å²) in [5, 5.41) is 2.58. The van der Waals surface area contributed by atoms with Crippen molar-refractivity contribution in [3.63, 3.8) is 0 Å². The minimum atomic E-state index is -0.523. The molecule has 0 unspecified atom stereocenters. The topological polar surface area (TPSA) is 81.4 Å². The van der Waals surface area contributed by atoms with Crippen molar-refractivity contribution < 1.29 is 18.7 Å². The maximum Gasteiger partial charge on any atom is 0.339 e. The summed E-state index contributed by atoms with van der Waals surface area (Å²) in [6.07, 6.45) is 1.32. The Morgan fingerprint density at radius 3 is 2.68 bits per heavy atom. The zero-order chi connectivity index (χ0) is 13.8. The van der Waals surface area contributed by atoms with Gasteiger partial charge in [-0.3, -0.25) is 4.79 Å². The van der Waals surface area contributed by atoms with Crippen molar-refractivity contribution in [2.45, 2.75) is 6.92 Å². The Labute approximate surface area is 109 Å². The molecule has 1 amide bonds. The number of carbonyl (C=O) groups excluding carboxylic acids is 2. The Kier molecular flexibility index (Phi) is 3.61. The molecule has 0 saturated heterocycles. The number of methoxy groups -OCH3 is 1. The molecule has 0 spiro atoms. The van der Waals surface area contributed by atoms with Crippen LogP contribution in [0.5, 0.6) is 0 Å². The van der Waals surface area contributed by atoms with Crippen molar-refractivity contribution in [2.75, 3.05) is 12.4 Å². The second kappa shape index (κ2) is 5.34. The molecule has 0 bridgehead atoms. The van der Waals surface area contributed by atoms with E-state index in [1.54, 1.807) is 31.2 Å². The summed E-state index contributed by atoms with van der Waals surface area (Å²) in [5.41, 5.74) is 0.628. The molecule has 0 fully saturated rings. The highest BCUT2D eigenvalue weighted by atomic mass is 16.5. The molecule has 2 rings (SSSR count). The van der Waals surface area contributed by atoms with Gasteiger partial charge in [-0.15, -0.1) is 0 Å². The van der Waals surface area contributed by atoms with E-state index >= 15 is 0 Å². The fourth-order valence-electron chi connectivity index (χ4n) is 1.53. The number of aromatic nitrogens is 1. The Hall–Kier alpha value is -2.63. The van der Waals surface area contributed by atoms with Crippen LogP contribution in [-0.2, 0) is 4.74 Å². The van der Waals surface area contributed by atoms with Crippen molar-refractivity contribution in [3.05, 3.63) is 47.7 Å². The van der Waals surface area contributed by atoms with Crippen molar-refractivity contribution in [1.82, 2.24) is 4.98 Å². The van der Waals surface area contributed by atoms with Gasteiger partial charge in [0.2, 0.25) is 5.76 Å². The predicted molar refractivity (Wildman–Crippen MR) is 67.0 cm³/mol. The van der Waals surface area contributed by atoms with E-state index in [2.05, 4.69) is 15.0 Å². The van der Waals surface area contributed by atoms with Gasteiger partial charge in [0.1, 0.15) is 0 Å². The van der Waals surface area contributed by atoms with E-state index in [1.807, 2.05) is 0 Å². The van der Waals surface area contributed by atoms with Gasteiger partial charge in [-0.2, -0.15) is 0 Å². The lowest BCUT2D eigenvalue weighted by molar-refractivity contribution is 0.0602. The van der Waals surface area contributed by atoms with Gasteiger partial charge in [0.25, 0.3) is 5.91 Å². The quantitative estimate of drug-likeness (QED) is 0.854. The normalized spacial score (nSPS) is 10.0. The smallest absolute Gasteiger partial charge is 0.339 e. The molecule has 1 aromatic carbocycles. The van der Waals surface area contributed by atoms with Gasteiger partial charge in [0.05, 0.1) is 24.6 Å². The van der Waals surface area contributed by atoms with Crippen LogP contribution in [0, 0.1) is 6.92 Å². The summed E-state index contributed by atoms with van der Waals surface area (Å²) in [7, 11) is 1.28. The summed E-state index contributed by atoms with van der Waals surface area (Å²) in [5.74, 6) is -0.523. The molecular weight excluding hydrogens is 248 g/mol. The monoisotopic (exact) mass is 260 g/mol. The summed E-state index contributed by atoms with van der Waals surface area (Å²) >= 11 is 0. The molecule has 19 heavy (non-hydrogen) atoms. The Bertz CT molecular complexity index is 619. The highest BCUT2D eigenvalue weighted by Gasteiger charge is 2.16. The highest BCUT2D eigenvalue weighted by Crippen LogP contribution is 2.17. The second-order valence-corrected chi connectivity index (χ2v) is 3.73. The number of esters is 1. The minimum absolute atomic E-state index is 0.0807. The van der Waals surface area contributed by atoms with E-state index in [1.165, 1.54) is 13.3 Å². The summed E-state index contributed by atoms with van der Waals surface area (Å²) in [4.78, 5) is 27.3. The van der Waals surface area contributed by atoms with E-state index in [4.69, 9.17) is 4.42 Å². The third-order valence-corrected chi connectivity index (χ3v) is 2.43. The van der Waals surface area contributed by atoms with E-state index in [-0.39, 0.29) is 11.3 Å². The van der Waals surface area contributed by atoms with Gasteiger partial charge in [-0.05, 0) is 12.1 Å². The number of hydrogen-bond donors (Lipinski definition) is 1. The van der Waals surface area contributed by atoms with E-state index in [9.17, 15) is 9.59 Å². The number of amides is 1. The van der Waals surface area contributed by atoms with Gasteiger partial charge < -0.3 is 14.5 Å². The molecule has 0 radical (unpaired) electrons. The summed E-state index contributed by atoms with van der Waals surface area (Å²) in [6.45, 7) is 1.64. The van der Waals surface area contributed by atoms with E-state index in [0.29, 0.717) is 11.6 Å². The highest BCUT2D eigenvalue weighted by molar-refractivity contribution is 6.06. The van der Waals surface area contributed by atoms with Crippen LogP contribution in [0.2, 0.25) is 0 Å². The van der Waals surface area contributed by atoms with Crippen LogP contribution in [0.25, 0.3) is 0 Å². The molecule has 1 aromatic heterocycles. The zero-order valence-corrected chi connectivity index (χ0v) is 10.5. The molecule has 1 N–H and O–H groups in total. The molecule has 6 nitrogen and oxygen atoms in total. The zero-order valence-electron chi connectivity index (χ0n) is 10.5. The number of oxazole rings is 1. The Morgan fingerprint density at radius 1 is 1.32 bits per heavy atom. The lowest BCUT2D eigenvalue weighted by Gasteiger charge is -2.07. The van der Waals surface area contributed by atoms with Crippen LogP contribution in [0.15, 0.2) is 34.9 Å². The van der Waals surface area contributed by atoms with Crippen molar-refractivity contribution in [2.24, 2.45) is 0 Å². The molecule has 0 aliphatic heterocycles. The predicted octanol–water partition coefficient (Wildman–Crippen LogP) is 2.02. The molecule has 0 saturated carbocycles. The molecule has 0 atom stereocenters. The first-order chi connectivity index (χ1) is 9.11. The number of para-hydroxylation sites is 1. The Balaban J connectivity index is 2.24. The van der Waals surface area contributed by atoms with Gasteiger partial charge in [-0.25, -0.2) is 9.78 Å². The van der Waals surface area contributed by atoms with E-state index in [0.717, 1.165) is 0 Å². The number of benzene rings is 1. The maximum atomic E-state index is 11.9. The minimum Gasteiger partial charge on any atom is -0.465 e. The van der Waals surface area contributed by atoms with Crippen LogP contribution in [0.4, 0.5) is 5.69 Å². The fraction of sp³-hybridized carbons (Fsp3) is 0.154. The molecule has 1 heterocycles. The number of anilines is 1. The first-order valence-electron chi connectivity index (χ1n) is 5.53. The SMILES string of the molecule is COC(=O)c1ccccc1NC(=O)c1cnc(C)o1. The first kappa shape index (κ1) is 12.8. The molecule has 2 aromatic rings. The van der Waals surface area contributed by atoms with Crippen molar-refractivity contribution >= 4 is 17.6 Å². The average Bonchev–Trinajstić information content (AvgIpc) is 2.85. The number of aryl methyl sites for hydroxylation is 1. The number of nitrogens with zero attached hydrogens (tertiary/aromatic N) is 1. The van der Waals surface area contributed by atoms with Crippen molar-refractivity contribution in [3.8, 4) is 0 Å². The molecule has 6 heteroatoms. The molecule has 0 aliphatic carbocycles. The lowest BCUT2D eigenvalue weighted by atomic mass is 10.2. The summed E-state index contributed by atoms with van der Waals surface area (Å²) < 4.78 is 9.75. The van der Waals surface area contributed by atoms with Crippen molar-refractivity contribution in [1.29, 1.82) is 0 Å². The maximum absolute atomic E-state index is 11.9. The lowest BCUT2D eigenvalue weighted by Crippen LogP contribution is -2.14. The van der Waals surface area contributed by atoms with Crippen LogP contribution in [-0.4, -0.2) is 24.0 Å². The second-order valence-electron chi connectivity index (χ2n) is 3.73. The van der Waals surface area contributed by atoms with Gasteiger partial charge in [-0.1, -0.05) is 12.1 Å². The van der Waals surface area contributed by atoms with Crippen LogP contribution in [0.3, 0.4) is 0 Å². The largest absolute Gasteiger partial charge is 0.465 e. The number of rotatable bonds is 3. The average molecular weight is 260 g/mol. The van der Waals surface area contributed by atoms with Gasteiger partial charge in [0.15, 0.2) is 5.89 Å². The van der Waals surface area contributed by atoms with E-state index < -0.39 is 11.9 Å². The molecule has 98 valence electrons. The van der Waals surface area contributed by atoms with Crippen LogP contribution >= 0.6 is 0 Å². The first-order valence-corrected chi connectivity index (χ1v) is 5.53. The summed E-state index contributed by atoms with van der Waals surface area (Å²) in [6, 6.07) is 6.55. The Morgan fingerprint density at radius 2 is 2.05 bits per heavy atom. The number of nitrogens with one attached hydrogen (secondary N) is 1. The number of ether oxygens (including phenoxy) is 1. The fourth-order valence-corrected chi connectivity index (χ4v) is 1.53. The molecule has 0 aliphatic rings. The standard InChI is InChI=1S/C13H12N2O4/c1-8-14-7-11(19-8)12(16)15-10-6-4-3-5-9(10)13(17)18-2/h3-7H,1-2H3,(H,15,16). The third-order valence-electron chi connectivity index (χ3n) is 2.43. The number of hydrogen-bond acceptors (Lipinski definition) is 5. The van der Waals surface area contributed by atoms with Gasteiger partial charge in [0, 0.05) is 6.92 Å².